The number of carboxylic acids is 1. The van der Waals surface area contributed by atoms with Gasteiger partial charge >= 0.3 is 5.97 Å². The highest BCUT2D eigenvalue weighted by molar-refractivity contribution is 6.41. The highest BCUT2D eigenvalue weighted by Crippen LogP contribution is 2.21. The lowest BCUT2D eigenvalue weighted by Crippen LogP contribution is -2.42. The lowest BCUT2D eigenvalue weighted by Gasteiger charge is -2.12. The minimum Gasteiger partial charge on any atom is -0.480 e. The predicted octanol–water partition coefficient (Wildman–Crippen LogP) is 1.47. The number of aliphatic carboxylic acids is 1. The van der Waals surface area contributed by atoms with Crippen LogP contribution in [0, 0.1) is 0 Å². The molecule has 0 aliphatic rings. The number of H-pyrrole nitrogens is 2. The third kappa shape index (κ3) is 3.31. The number of amides is 1. The Kier molecular flexibility index (Phi) is 4.31. The summed E-state index contributed by atoms with van der Waals surface area (Å²) in [5, 5.41) is 11.8. The average Bonchev–Trinajstić information content (AvgIpc) is 2.99. The largest absolute Gasteiger partial charge is 0.480 e. The monoisotopic (exact) mass is 316 g/mol. The van der Waals surface area contributed by atoms with Gasteiger partial charge in [-0.25, -0.2) is 9.78 Å². The summed E-state index contributed by atoms with van der Waals surface area (Å²) in [7, 11) is 0. The summed E-state index contributed by atoms with van der Waals surface area (Å²) in [6, 6.07) is 0.234. The van der Waals surface area contributed by atoms with Crippen molar-refractivity contribution >= 4 is 35.1 Å². The molecule has 0 aliphatic heterocycles. The number of hydrogen-bond donors (Lipinski definition) is 4. The summed E-state index contributed by atoms with van der Waals surface area (Å²) in [5.74, 6) is -1.76. The lowest BCUT2D eigenvalue weighted by molar-refractivity contribution is -0.139. The van der Waals surface area contributed by atoms with Crippen LogP contribution in [0.3, 0.4) is 0 Å². The maximum atomic E-state index is 11.9. The first kappa shape index (κ1) is 14.4. The van der Waals surface area contributed by atoms with Gasteiger partial charge in [0.05, 0.1) is 11.3 Å². The maximum Gasteiger partial charge on any atom is 0.326 e. The van der Waals surface area contributed by atoms with Crippen molar-refractivity contribution in [3.05, 3.63) is 40.2 Å². The second-order valence-electron chi connectivity index (χ2n) is 3.99. The molecule has 0 aliphatic carbocycles. The van der Waals surface area contributed by atoms with E-state index in [1.54, 1.807) is 0 Å². The van der Waals surface area contributed by atoms with Gasteiger partial charge in [-0.3, -0.25) is 4.79 Å². The Bertz CT molecular complexity index is 604. The molecule has 9 heteroatoms. The van der Waals surface area contributed by atoms with E-state index in [1.807, 2.05) is 0 Å². The molecular formula is C11H10Cl2N4O3. The van der Waals surface area contributed by atoms with Crippen LogP contribution in [0.4, 0.5) is 0 Å². The van der Waals surface area contributed by atoms with Gasteiger partial charge in [-0.2, -0.15) is 0 Å². The number of imidazole rings is 1. The number of aromatic amines is 2. The van der Waals surface area contributed by atoms with E-state index in [9.17, 15) is 9.59 Å². The van der Waals surface area contributed by atoms with Gasteiger partial charge in [0.25, 0.3) is 5.91 Å². The number of carbonyl (C=O) groups excluding carboxylic acids is 1. The minimum atomic E-state index is -1.16. The summed E-state index contributed by atoms with van der Waals surface area (Å²) in [6.45, 7) is 0. The van der Waals surface area contributed by atoms with Crippen LogP contribution in [-0.2, 0) is 11.2 Å². The maximum absolute atomic E-state index is 11.9. The fraction of sp³-hybridized carbons (Fsp3) is 0.182. The smallest absolute Gasteiger partial charge is 0.326 e. The van der Waals surface area contributed by atoms with Gasteiger partial charge in [-0.05, 0) is 6.07 Å². The van der Waals surface area contributed by atoms with Crippen LogP contribution in [0.2, 0.25) is 10.2 Å². The molecule has 0 spiro atoms. The molecule has 0 bridgehead atoms. The molecule has 2 heterocycles. The van der Waals surface area contributed by atoms with Crippen molar-refractivity contribution in [3.63, 3.8) is 0 Å². The molecule has 4 N–H and O–H groups in total. The van der Waals surface area contributed by atoms with E-state index < -0.39 is 17.9 Å². The quantitative estimate of drug-likeness (QED) is 0.669. The fourth-order valence-corrected chi connectivity index (χ4v) is 1.89. The van der Waals surface area contributed by atoms with Gasteiger partial charge in [0.2, 0.25) is 0 Å². The van der Waals surface area contributed by atoms with E-state index in [4.69, 9.17) is 28.3 Å². The molecule has 1 atom stereocenters. The van der Waals surface area contributed by atoms with Crippen LogP contribution in [0.25, 0.3) is 0 Å². The fourth-order valence-electron chi connectivity index (χ4n) is 1.58. The normalized spacial score (nSPS) is 12.1. The van der Waals surface area contributed by atoms with E-state index in [0.29, 0.717) is 5.69 Å². The number of nitrogens with one attached hydrogen (secondary N) is 3. The van der Waals surface area contributed by atoms with Crippen LogP contribution in [-0.4, -0.2) is 38.0 Å². The first-order valence-corrected chi connectivity index (χ1v) is 6.28. The van der Waals surface area contributed by atoms with Gasteiger partial charge in [0.1, 0.15) is 16.9 Å². The van der Waals surface area contributed by atoms with E-state index in [2.05, 4.69) is 20.3 Å². The Balaban J connectivity index is 2.08. The summed E-state index contributed by atoms with van der Waals surface area (Å²) in [4.78, 5) is 32.2. The van der Waals surface area contributed by atoms with Crippen molar-refractivity contribution < 1.29 is 14.7 Å². The Labute approximate surface area is 123 Å². The van der Waals surface area contributed by atoms with Gasteiger partial charge in [-0.15, -0.1) is 0 Å². The number of hydrogen-bond acceptors (Lipinski definition) is 3. The topological polar surface area (TPSA) is 111 Å². The first-order valence-electron chi connectivity index (χ1n) is 5.52. The molecule has 2 aromatic rings. The van der Waals surface area contributed by atoms with E-state index in [-0.39, 0.29) is 22.3 Å². The van der Waals surface area contributed by atoms with Crippen molar-refractivity contribution in [2.45, 2.75) is 12.5 Å². The van der Waals surface area contributed by atoms with Crippen molar-refractivity contribution in [1.29, 1.82) is 0 Å². The molecule has 0 fully saturated rings. The Morgan fingerprint density at radius 3 is 2.70 bits per heavy atom. The van der Waals surface area contributed by atoms with Crippen LogP contribution < -0.4 is 5.32 Å². The molecule has 106 valence electrons. The van der Waals surface area contributed by atoms with Crippen LogP contribution in [0.1, 0.15) is 16.2 Å². The predicted molar refractivity (Wildman–Crippen MR) is 72.0 cm³/mol. The average molecular weight is 317 g/mol. The molecule has 0 saturated carbocycles. The molecule has 0 saturated heterocycles. The van der Waals surface area contributed by atoms with Crippen molar-refractivity contribution in [2.75, 3.05) is 0 Å². The second kappa shape index (κ2) is 5.98. The Morgan fingerprint density at radius 1 is 1.45 bits per heavy atom. The van der Waals surface area contributed by atoms with E-state index >= 15 is 0 Å². The number of aromatic nitrogens is 3. The SMILES string of the molecule is O=C(N[C@H](Cc1cnc[nH]1)C(=O)O)c1cc(Cl)c(Cl)[nH]1. The molecule has 0 aromatic carbocycles. The van der Waals surface area contributed by atoms with Crippen molar-refractivity contribution in [1.82, 2.24) is 20.3 Å². The lowest BCUT2D eigenvalue weighted by atomic mass is 10.1. The molecule has 1 amide bonds. The number of carbonyl (C=O) groups is 2. The summed E-state index contributed by atoms with van der Waals surface area (Å²) >= 11 is 11.4. The Hall–Kier alpha value is -1.99. The third-order valence-electron chi connectivity index (χ3n) is 2.55. The molecule has 0 radical (unpaired) electrons. The Morgan fingerprint density at radius 2 is 2.20 bits per heavy atom. The standard InChI is InChI=1S/C11H10Cl2N4O3/c12-6-2-7(16-9(6)13)10(18)17-8(11(19)20)1-5-3-14-4-15-5/h2-4,8,16H,1H2,(H,14,15)(H,17,18)(H,19,20)/t8-/m1/s1. The summed E-state index contributed by atoms with van der Waals surface area (Å²) in [6.07, 6.45) is 3.01. The van der Waals surface area contributed by atoms with Gasteiger partial charge in [-0.1, -0.05) is 23.2 Å². The molecule has 2 rings (SSSR count). The number of halogens is 2. The molecule has 20 heavy (non-hydrogen) atoms. The molecule has 7 nitrogen and oxygen atoms in total. The van der Waals surface area contributed by atoms with Gasteiger partial charge in [0.15, 0.2) is 0 Å². The number of nitrogens with zero attached hydrogens (tertiary/aromatic N) is 1. The zero-order valence-corrected chi connectivity index (χ0v) is 11.5. The first-order chi connectivity index (χ1) is 9.47. The van der Waals surface area contributed by atoms with Gasteiger partial charge < -0.3 is 20.4 Å². The zero-order chi connectivity index (χ0) is 14.7. The number of carboxylic acid groups (broad SMARTS) is 1. The van der Waals surface area contributed by atoms with Crippen molar-refractivity contribution in [2.24, 2.45) is 0 Å². The second-order valence-corrected chi connectivity index (χ2v) is 4.78. The highest BCUT2D eigenvalue weighted by Gasteiger charge is 2.22. The third-order valence-corrected chi connectivity index (χ3v) is 3.25. The number of rotatable bonds is 5. The van der Waals surface area contributed by atoms with Crippen LogP contribution >= 0.6 is 23.2 Å². The summed E-state index contributed by atoms with van der Waals surface area (Å²) < 4.78 is 0. The molecule has 0 unspecified atom stereocenters. The summed E-state index contributed by atoms with van der Waals surface area (Å²) in [5.41, 5.74) is 0.691. The van der Waals surface area contributed by atoms with E-state index in [0.717, 1.165) is 0 Å². The zero-order valence-electron chi connectivity index (χ0n) is 9.98. The van der Waals surface area contributed by atoms with Crippen molar-refractivity contribution in [3.8, 4) is 0 Å². The van der Waals surface area contributed by atoms with Crippen LogP contribution in [0.15, 0.2) is 18.6 Å². The van der Waals surface area contributed by atoms with E-state index in [1.165, 1.54) is 18.6 Å². The van der Waals surface area contributed by atoms with Gasteiger partial charge in [0, 0.05) is 18.3 Å². The highest BCUT2D eigenvalue weighted by atomic mass is 35.5. The molecular weight excluding hydrogens is 307 g/mol. The van der Waals surface area contributed by atoms with Crippen LogP contribution in [0.5, 0.6) is 0 Å². The minimum absolute atomic E-state index is 0.0866. The molecule has 2 aromatic heterocycles.